The maximum Gasteiger partial charge on any atom is 0.238 e. The summed E-state index contributed by atoms with van der Waals surface area (Å²) < 4.78 is 10.7. The Balaban J connectivity index is 0.00000338. The molecule has 0 atom stereocenters. The Hall–Kier alpha value is -1.79. The van der Waals surface area contributed by atoms with Crippen molar-refractivity contribution >= 4 is 35.6 Å². The van der Waals surface area contributed by atoms with Gasteiger partial charge in [-0.15, -0.1) is 12.4 Å². The van der Waals surface area contributed by atoms with Gasteiger partial charge < -0.3 is 20.1 Å². The second-order valence-corrected chi connectivity index (χ2v) is 6.05. The van der Waals surface area contributed by atoms with Crippen LogP contribution in [0.4, 0.5) is 5.69 Å². The van der Waals surface area contributed by atoms with E-state index in [1.165, 1.54) is 0 Å². The molecule has 0 unspecified atom stereocenters. The fourth-order valence-corrected chi connectivity index (χ4v) is 2.44. The van der Waals surface area contributed by atoms with E-state index < -0.39 is 0 Å². The summed E-state index contributed by atoms with van der Waals surface area (Å²) in [6.07, 6.45) is 0. The van der Waals surface area contributed by atoms with Crippen LogP contribution in [0.5, 0.6) is 5.75 Å². The van der Waals surface area contributed by atoms with Gasteiger partial charge in [0.05, 0.1) is 13.2 Å². The number of halogens is 2. The zero-order valence-electron chi connectivity index (χ0n) is 14.9. The first-order valence-corrected chi connectivity index (χ1v) is 8.43. The lowest BCUT2D eigenvalue weighted by Gasteiger charge is -2.12. The fraction of sp³-hybridized carbons (Fsp3) is 0.316. The lowest BCUT2D eigenvalue weighted by molar-refractivity contribution is -0.115. The lowest BCUT2D eigenvalue weighted by Crippen LogP contribution is -2.30. The molecule has 0 aromatic heterocycles. The zero-order valence-corrected chi connectivity index (χ0v) is 16.5. The molecule has 0 saturated carbocycles. The smallest absolute Gasteiger partial charge is 0.238 e. The highest BCUT2D eigenvalue weighted by atomic mass is 35.5. The second-order valence-electron chi connectivity index (χ2n) is 5.61. The van der Waals surface area contributed by atoms with Gasteiger partial charge >= 0.3 is 0 Å². The minimum atomic E-state index is -0.0909. The summed E-state index contributed by atoms with van der Waals surface area (Å²) in [5.74, 6) is 0.653. The summed E-state index contributed by atoms with van der Waals surface area (Å²) in [6, 6.07) is 13.1. The van der Waals surface area contributed by atoms with Gasteiger partial charge in [-0.1, -0.05) is 23.7 Å². The normalized spacial score (nSPS) is 10.1. The molecule has 2 aromatic rings. The number of nitrogens with one attached hydrogen (secondary N) is 2. The molecule has 7 heteroatoms. The lowest BCUT2D eigenvalue weighted by atomic mass is 10.2. The number of ether oxygens (including phenoxy) is 2. The van der Waals surface area contributed by atoms with E-state index in [1.54, 1.807) is 7.11 Å². The van der Waals surface area contributed by atoms with Crippen LogP contribution in [0.15, 0.2) is 42.5 Å². The Morgan fingerprint density at radius 2 is 2.00 bits per heavy atom. The van der Waals surface area contributed by atoms with E-state index in [0.717, 1.165) is 22.6 Å². The Morgan fingerprint density at radius 3 is 2.69 bits per heavy atom. The molecule has 2 N–H and O–H groups in total. The number of carbonyl (C=O) groups is 1. The molecule has 0 spiro atoms. The number of rotatable bonds is 9. The third kappa shape index (κ3) is 7.62. The van der Waals surface area contributed by atoms with E-state index in [9.17, 15) is 4.79 Å². The molecular weight excluding hydrogens is 375 g/mol. The van der Waals surface area contributed by atoms with Gasteiger partial charge in [0.15, 0.2) is 0 Å². The Bertz CT molecular complexity index is 711. The summed E-state index contributed by atoms with van der Waals surface area (Å²) in [5, 5.41) is 6.58. The van der Waals surface area contributed by atoms with Gasteiger partial charge in [0.25, 0.3) is 0 Å². The van der Waals surface area contributed by atoms with Crippen LogP contribution >= 0.6 is 24.0 Å². The predicted molar refractivity (Wildman–Crippen MR) is 108 cm³/mol. The standard InChI is InChI=1S/C19H23ClN2O3.ClH/c1-14-10-17(25-13-15-4-3-5-16(20)11-15)6-7-18(14)22-19(23)12-21-8-9-24-2;/h3-7,10-11,21H,8-9,12-13H2,1-2H3,(H,22,23);1H. The van der Waals surface area contributed by atoms with Crippen LogP contribution in [-0.4, -0.2) is 32.7 Å². The summed E-state index contributed by atoms with van der Waals surface area (Å²) in [7, 11) is 1.63. The van der Waals surface area contributed by atoms with Crippen molar-refractivity contribution in [1.82, 2.24) is 5.32 Å². The van der Waals surface area contributed by atoms with Gasteiger partial charge in [-0.05, 0) is 48.4 Å². The van der Waals surface area contributed by atoms with Crippen LogP contribution in [-0.2, 0) is 16.1 Å². The highest BCUT2D eigenvalue weighted by Crippen LogP contribution is 2.22. The number of aryl methyl sites for hydroxylation is 1. The van der Waals surface area contributed by atoms with Crippen molar-refractivity contribution in [1.29, 1.82) is 0 Å². The second kappa shape index (κ2) is 11.8. The molecule has 0 aliphatic heterocycles. The molecule has 0 saturated heterocycles. The zero-order chi connectivity index (χ0) is 18.1. The van der Waals surface area contributed by atoms with E-state index in [2.05, 4.69) is 10.6 Å². The van der Waals surface area contributed by atoms with Crippen molar-refractivity contribution in [2.75, 3.05) is 32.1 Å². The predicted octanol–water partition coefficient (Wildman–Crippen LogP) is 3.82. The maximum absolute atomic E-state index is 11.9. The van der Waals surface area contributed by atoms with Crippen molar-refractivity contribution in [2.45, 2.75) is 13.5 Å². The molecule has 0 heterocycles. The number of amides is 1. The molecule has 5 nitrogen and oxygen atoms in total. The summed E-state index contributed by atoms with van der Waals surface area (Å²) in [4.78, 5) is 11.9. The first-order chi connectivity index (χ1) is 12.1. The van der Waals surface area contributed by atoms with Gasteiger partial charge in [0.2, 0.25) is 5.91 Å². The minimum Gasteiger partial charge on any atom is -0.489 e. The highest BCUT2D eigenvalue weighted by molar-refractivity contribution is 6.30. The molecule has 26 heavy (non-hydrogen) atoms. The van der Waals surface area contributed by atoms with Gasteiger partial charge in [-0.3, -0.25) is 4.79 Å². The molecule has 0 fully saturated rings. The molecular formula is C19H24Cl2N2O3. The van der Waals surface area contributed by atoms with Crippen LogP contribution in [0.2, 0.25) is 5.02 Å². The minimum absolute atomic E-state index is 0. The molecule has 0 aliphatic rings. The summed E-state index contributed by atoms with van der Waals surface area (Å²) >= 11 is 5.97. The third-order valence-corrected chi connectivity index (χ3v) is 3.77. The molecule has 142 valence electrons. The van der Waals surface area contributed by atoms with Crippen LogP contribution in [0.25, 0.3) is 0 Å². The third-order valence-electron chi connectivity index (χ3n) is 3.54. The number of hydrogen-bond donors (Lipinski definition) is 2. The molecule has 0 radical (unpaired) electrons. The number of benzene rings is 2. The fourth-order valence-electron chi connectivity index (χ4n) is 2.23. The Labute approximate surface area is 165 Å². The van der Waals surface area contributed by atoms with Gasteiger partial charge in [0.1, 0.15) is 12.4 Å². The van der Waals surface area contributed by atoms with Crippen LogP contribution in [0.3, 0.4) is 0 Å². The number of carbonyl (C=O) groups excluding carboxylic acids is 1. The summed E-state index contributed by atoms with van der Waals surface area (Å²) in [5.41, 5.74) is 2.71. The Kier molecular flexibility index (Phi) is 10.1. The molecule has 0 bridgehead atoms. The molecule has 2 rings (SSSR count). The van der Waals surface area contributed by atoms with Gasteiger partial charge in [-0.25, -0.2) is 0 Å². The number of hydrogen-bond acceptors (Lipinski definition) is 4. The largest absolute Gasteiger partial charge is 0.489 e. The number of anilines is 1. The van der Waals surface area contributed by atoms with Crippen LogP contribution < -0.4 is 15.4 Å². The van der Waals surface area contributed by atoms with E-state index in [-0.39, 0.29) is 24.9 Å². The van der Waals surface area contributed by atoms with Crippen molar-refractivity contribution in [3.8, 4) is 5.75 Å². The van der Waals surface area contributed by atoms with Crippen LogP contribution in [0, 0.1) is 6.92 Å². The van der Waals surface area contributed by atoms with Crippen molar-refractivity contribution in [2.24, 2.45) is 0 Å². The van der Waals surface area contributed by atoms with E-state index in [1.807, 2.05) is 49.4 Å². The monoisotopic (exact) mass is 398 g/mol. The van der Waals surface area contributed by atoms with Crippen molar-refractivity contribution in [3.63, 3.8) is 0 Å². The molecule has 0 aliphatic carbocycles. The Morgan fingerprint density at radius 1 is 1.19 bits per heavy atom. The molecule has 2 aromatic carbocycles. The average molecular weight is 399 g/mol. The quantitative estimate of drug-likeness (QED) is 0.630. The average Bonchev–Trinajstić information content (AvgIpc) is 2.59. The first-order valence-electron chi connectivity index (χ1n) is 8.06. The van der Waals surface area contributed by atoms with Crippen molar-refractivity contribution in [3.05, 3.63) is 58.6 Å². The maximum atomic E-state index is 11.9. The SMILES string of the molecule is COCCNCC(=O)Nc1ccc(OCc2cccc(Cl)c2)cc1C.Cl. The van der Waals surface area contributed by atoms with E-state index in [4.69, 9.17) is 21.1 Å². The van der Waals surface area contributed by atoms with Crippen molar-refractivity contribution < 1.29 is 14.3 Å². The van der Waals surface area contributed by atoms with Gasteiger partial charge in [-0.2, -0.15) is 0 Å². The van der Waals surface area contributed by atoms with E-state index in [0.29, 0.717) is 24.8 Å². The highest BCUT2D eigenvalue weighted by Gasteiger charge is 2.06. The van der Waals surface area contributed by atoms with Gasteiger partial charge in [0, 0.05) is 24.4 Å². The van der Waals surface area contributed by atoms with Crippen LogP contribution in [0.1, 0.15) is 11.1 Å². The number of methoxy groups -OCH3 is 1. The summed E-state index contributed by atoms with van der Waals surface area (Å²) in [6.45, 7) is 3.83. The first kappa shape index (κ1) is 22.3. The van der Waals surface area contributed by atoms with E-state index >= 15 is 0 Å². The topological polar surface area (TPSA) is 59.6 Å². The molecule has 1 amide bonds.